The lowest BCUT2D eigenvalue weighted by molar-refractivity contribution is -0.131. The third-order valence-electron chi connectivity index (χ3n) is 3.06. The molecule has 1 aromatic carbocycles. The van der Waals surface area contributed by atoms with E-state index in [1.54, 1.807) is 12.1 Å². The average Bonchev–Trinajstić information content (AvgIpc) is 3.03. The number of nitrogens with one attached hydrogen (secondary N) is 1. The number of hydrogen-bond acceptors (Lipinski definition) is 6. The second-order valence-electron chi connectivity index (χ2n) is 4.85. The molecule has 0 spiro atoms. The molecule has 1 N–H and O–H groups in total. The molecule has 0 atom stereocenters. The molecule has 0 aliphatic carbocycles. The molecule has 0 radical (unpaired) electrons. The average molecular weight is 337 g/mol. The molecule has 1 aromatic heterocycles. The van der Waals surface area contributed by atoms with Crippen molar-refractivity contribution in [1.82, 2.24) is 15.5 Å². The number of carbonyl (C=O) groups excluding carboxylic acids is 1. The van der Waals surface area contributed by atoms with Gasteiger partial charge in [0.05, 0.1) is 13.0 Å². The number of hydrogen-bond donors (Lipinski definition) is 1. The van der Waals surface area contributed by atoms with Crippen molar-refractivity contribution in [1.29, 1.82) is 0 Å². The van der Waals surface area contributed by atoms with E-state index < -0.39 is 12.2 Å². The van der Waals surface area contributed by atoms with Crippen LogP contribution in [0.2, 0.25) is 0 Å². The number of nitrogens with zero attached hydrogens (tertiary/aromatic N) is 2. The summed E-state index contributed by atoms with van der Waals surface area (Å²) in [5.41, 5.74) is 0.805. The Bertz CT molecular complexity index is 639. The zero-order valence-electron chi connectivity index (χ0n) is 13.6. The molecule has 1 amide bonds. The molecule has 130 valence electrons. The van der Waals surface area contributed by atoms with Crippen LogP contribution in [0.4, 0.5) is 4.39 Å². The highest BCUT2D eigenvalue weighted by molar-refractivity contribution is 5.89. The zero-order chi connectivity index (χ0) is 17.4. The molecule has 2 aromatic rings. The van der Waals surface area contributed by atoms with Gasteiger partial charge in [-0.1, -0.05) is 12.1 Å². The van der Waals surface area contributed by atoms with Gasteiger partial charge in [0.15, 0.2) is 6.29 Å². The van der Waals surface area contributed by atoms with E-state index in [1.807, 2.05) is 13.8 Å². The van der Waals surface area contributed by atoms with Gasteiger partial charge in [0, 0.05) is 13.2 Å². The van der Waals surface area contributed by atoms with Crippen molar-refractivity contribution in [3.8, 4) is 0 Å². The fraction of sp³-hybridized carbons (Fsp3) is 0.438. The Balaban J connectivity index is 1.89. The van der Waals surface area contributed by atoms with Crippen LogP contribution in [0.15, 0.2) is 28.7 Å². The van der Waals surface area contributed by atoms with E-state index in [0.29, 0.717) is 19.6 Å². The molecule has 8 heteroatoms. The molecule has 0 saturated carbocycles. The van der Waals surface area contributed by atoms with Gasteiger partial charge in [-0.15, -0.1) is 10.2 Å². The molecule has 0 saturated heterocycles. The molecule has 0 aliphatic heterocycles. The van der Waals surface area contributed by atoms with Gasteiger partial charge in [-0.25, -0.2) is 4.39 Å². The van der Waals surface area contributed by atoms with E-state index >= 15 is 0 Å². The Hall–Kier alpha value is -2.32. The summed E-state index contributed by atoms with van der Waals surface area (Å²) in [5, 5.41) is 10.2. The minimum Gasteiger partial charge on any atom is -0.417 e. The van der Waals surface area contributed by atoms with E-state index in [0.717, 1.165) is 5.56 Å². The van der Waals surface area contributed by atoms with Crippen LogP contribution in [0.3, 0.4) is 0 Å². The largest absolute Gasteiger partial charge is 0.417 e. The number of amides is 1. The van der Waals surface area contributed by atoms with Crippen molar-refractivity contribution in [3.63, 3.8) is 0 Å². The lowest BCUT2D eigenvalue weighted by Crippen LogP contribution is -2.35. The normalized spacial score (nSPS) is 11.0. The first-order chi connectivity index (χ1) is 11.6. The topological polar surface area (TPSA) is 86.5 Å². The predicted octanol–water partition coefficient (Wildman–Crippen LogP) is 1.93. The van der Waals surface area contributed by atoms with Gasteiger partial charge in [-0.3, -0.25) is 4.79 Å². The lowest BCUT2D eigenvalue weighted by Gasteiger charge is -2.16. The molecule has 24 heavy (non-hydrogen) atoms. The number of halogens is 1. The summed E-state index contributed by atoms with van der Waals surface area (Å²) >= 11 is 0. The van der Waals surface area contributed by atoms with Gasteiger partial charge in [-0.2, -0.15) is 0 Å². The van der Waals surface area contributed by atoms with Crippen LogP contribution in [0.25, 0.3) is 0 Å². The second-order valence-corrected chi connectivity index (χ2v) is 4.85. The van der Waals surface area contributed by atoms with Gasteiger partial charge in [0.25, 0.3) is 0 Å². The van der Waals surface area contributed by atoms with Gasteiger partial charge < -0.3 is 19.2 Å². The molecule has 0 unspecified atom stereocenters. The maximum absolute atomic E-state index is 12.9. The van der Waals surface area contributed by atoms with Crippen LogP contribution < -0.4 is 5.32 Å². The Morgan fingerprint density at radius 1 is 1.21 bits per heavy atom. The zero-order valence-corrected chi connectivity index (χ0v) is 13.6. The highest BCUT2D eigenvalue weighted by Gasteiger charge is 2.17. The number of ether oxygens (including phenoxy) is 2. The van der Waals surface area contributed by atoms with Crippen molar-refractivity contribution in [2.75, 3.05) is 19.8 Å². The number of benzene rings is 1. The van der Waals surface area contributed by atoms with Crippen LogP contribution in [0.5, 0.6) is 0 Å². The first-order valence-electron chi connectivity index (χ1n) is 7.70. The maximum atomic E-state index is 12.9. The van der Waals surface area contributed by atoms with E-state index in [1.165, 1.54) is 12.1 Å². The smallest absolute Gasteiger partial charge is 0.309 e. The summed E-state index contributed by atoms with van der Waals surface area (Å²) in [7, 11) is 0. The van der Waals surface area contributed by atoms with Crippen LogP contribution in [0, 0.1) is 5.82 Å². The van der Waals surface area contributed by atoms with Crippen molar-refractivity contribution >= 4 is 5.91 Å². The van der Waals surface area contributed by atoms with Crippen LogP contribution in [0.1, 0.15) is 36.0 Å². The van der Waals surface area contributed by atoms with E-state index in [9.17, 15) is 9.18 Å². The quantitative estimate of drug-likeness (QED) is 0.704. The number of aromatic nitrogens is 2. The van der Waals surface area contributed by atoms with Gasteiger partial charge in [0.2, 0.25) is 5.89 Å². The molecular weight excluding hydrogens is 317 g/mol. The highest BCUT2D eigenvalue weighted by Crippen LogP contribution is 2.09. The fourth-order valence-corrected chi connectivity index (χ4v) is 1.98. The van der Waals surface area contributed by atoms with Gasteiger partial charge in [0.1, 0.15) is 5.82 Å². The summed E-state index contributed by atoms with van der Waals surface area (Å²) in [4.78, 5) is 12.0. The van der Waals surface area contributed by atoms with Crippen molar-refractivity contribution in [2.45, 2.75) is 26.6 Å². The molecule has 0 bridgehead atoms. The number of rotatable bonds is 9. The molecule has 0 fully saturated rings. The SMILES string of the molecule is CCOC(CNC(=O)c1nnc(Cc2ccc(F)cc2)o1)OCC. The fourth-order valence-electron chi connectivity index (χ4n) is 1.98. The third kappa shape index (κ3) is 5.39. The van der Waals surface area contributed by atoms with E-state index in [2.05, 4.69) is 15.5 Å². The minimum atomic E-state index is -0.523. The Kier molecular flexibility index (Phi) is 6.83. The molecule has 0 aliphatic rings. The number of carbonyl (C=O) groups is 1. The first-order valence-corrected chi connectivity index (χ1v) is 7.70. The Morgan fingerprint density at radius 3 is 2.50 bits per heavy atom. The Labute approximate surface area is 139 Å². The third-order valence-corrected chi connectivity index (χ3v) is 3.06. The first kappa shape index (κ1) is 18.0. The minimum absolute atomic E-state index is 0.140. The van der Waals surface area contributed by atoms with Crippen LogP contribution >= 0.6 is 0 Å². The lowest BCUT2D eigenvalue weighted by atomic mass is 10.1. The van der Waals surface area contributed by atoms with Gasteiger partial charge >= 0.3 is 11.8 Å². The van der Waals surface area contributed by atoms with Crippen molar-refractivity contribution in [2.24, 2.45) is 0 Å². The maximum Gasteiger partial charge on any atom is 0.309 e. The molecule has 1 heterocycles. The molecule has 2 rings (SSSR count). The summed E-state index contributed by atoms with van der Waals surface area (Å²) in [5.74, 6) is -0.684. The van der Waals surface area contributed by atoms with Crippen LogP contribution in [-0.4, -0.2) is 42.2 Å². The summed E-state index contributed by atoms with van der Waals surface area (Å²) in [6.07, 6.45) is -0.202. The van der Waals surface area contributed by atoms with Gasteiger partial charge in [-0.05, 0) is 31.5 Å². The Morgan fingerprint density at radius 2 is 1.88 bits per heavy atom. The standard InChI is InChI=1S/C16H20FN3O4/c1-3-22-14(23-4-2)10-18-15(21)16-20-19-13(24-16)9-11-5-7-12(17)8-6-11/h5-8,14H,3-4,9-10H2,1-2H3,(H,18,21). The highest BCUT2D eigenvalue weighted by atomic mass is 19.1. The second kappa shape index (κ2) is 9.09. The summed E-state index contributed by atoms with van der Waals surface area (Å²) in [6, 6.07) is 5.93. The monoisotopic (exact) mass is 337 g/mol. The van der Waals surface area contributed by atoms with E-state index in [-0.39, 0.29) is 24.1 Å². The molecule has 7 nitrogen and oxygen atoms in total. The van der Waals surface area contributed by atoms with Crippen molar-refractivity contribution < 1.29 is 23.1 Å². The van der Waals surface area contributed by atoms with Crippen LogP contribution in [-0.2, 0) is 15.9 Å². The summed E-state index contributed by atoms with van der Waals surface area (Å²) < 4.78 is 28.8. The summed E-state index contributed by atoms with van der Waals surface area (Å²) in [6.45, 7) is 4.81. The van der Waals surface area contributed by atoms with Crippen molar-refractivity contribution in [3.05, 3.63) is 47.4 Å². The predicted molar refractivity (Wildman–Crippen MR) is 82.9 cm³/mol. The molecular formula is C16H20FN3O4. The van der Waals surface area contributed by atoms with E-state index in [4.69, 9.17) is 13.9 Å².